The topological polar surface area (TPSA) is 124 Å². The lowest BCUT2D eigenvalue weighted by Gasteiger charge is -2.21. The number of aromatic nitrogens is 1. The molecule has 0 aliphatic heterocycles. The van der Waals surface area contributed by atoms with E-state index in [0.717, 1.165) is 19.3 Å². The molecule has 31 heavy (non-hydrogen) atoms. The molecule has 2 aromatic rings. The van der Waals surface area contributed by atoms with Gasteiger partial charge in [0.15, 0.2) is 14.9 Å². The smallest absolute Gasteiger partial charge is 0.326 e. The number of rotatable bonds is 6. The number of ether oxygens (including phenoxy) is 2. The van der Waals surface area contributed by atoms with Crippen molar-refractivity contribution in [3.63, 3.8) is 0 Å². The number of imide groups is 1. The molecular weight excluding hydrogens is 422 g/mol. The Morgan fingerprint density at radius 2 is 1.65 bits per heavy atom. The molecule has 0 spiro atoms. The van der Waals surface area contributed by atoms with Crippen molar-refractivity contribution in [2.24, 2.45) is 0 Å². The van der Waals surface area contributed by atoms with Gasteiger partial charge in [-0.1, -0.05) is 25.3 Å². The molecule has 2 N–H and O–H groups in total. The van der Waals surface area contributed by atoms with Crippen molar-refractivity contribution in [3.8, 4) is 11.5 Å². The van der Waals surface area contributed by atoms with Gasteiger partial charge in [0.25, 0.3) is 5.91 Å². The predicted octanol–water partition coefficient (Wildman–Crippen LogP) is 3.17. The lowest BCUT2D eigenvalue weighted by atomic mass is 10.0. The van der Waals surface area contributed by atoms with Gasteiger partial charge in [0, 0.05) is 0 Å². The van der Waals surface area contributed by atoms with Gasteiger partial charge in [-0.2, -0.15) is 0 Å². The minimum Gasteiger partial charge on any atom is -0.496 e. The van der Waals surface area contributed by atoms with E-state index >= 15 is 0 Å². The Labute approximate surface area is 181 Å². The molecular formula is C21H25N3O6S. The Morgan fingerprint density at radius 1 is 1.00 bits per heavy atom. The number of benzene rings is 1. The zero-order chi connectivity index (χ0) is 22.4. The lowest BCUT2D eigenvalue weighted by molar-refractivity contribution is 0.0961. The lowest BCUT2D eigenvalue weighted by Crippen LogP contribution is -2.34. The second-order valence-corrected chi connectivity index (χ2v) is 9.31. The number of nitrogens with one attached hydrogen (secondary N) is 2. The highest BCUT2D eigenvalue weighted by atomic mass is 32.2. The number of methoxy groups -OCH3 is 2. The minimum absolute atomic E-state index is 0.0137. The first-order chi connectivity index (χ1) is 14.9. The van der Waals surface area contributed by atoms with Gasteiger partial charge >= 0.3 is 6.03 Å². The fourth-order valence-corrected chi connectivity index (χ4v) is 5.32. The molecule has 1 saturated carbocycles. The van der Waals surface area contributed by atoms with E-state index in [1.807, 2.05) is 0 Å². The van der Waals surface area contributed by atoms with Crippen LogP contribution in [0.3, 0.4) is 0 Å². The average molecular weight is 448 g/mol. The molecule has 1 aliphatic carbocycles. The highest BCUT2D eigenvalue weighted by molar-refractivity contribution is 7.92. The van der Waals surface area contributed by atoms with Crippen LogP contribution in [0.5, 0.6) is 11.5 Å². The van der Waals surface area contributed by atoms with E-state index in [-0.39, 0.29) is 27.8 Å². The van der Waals surface area contributed by atoms with Gasteiger partial charge in [0.05, 0.1) is 31.4 Å². The van der Waals surface area contributed by atoms with Crippen LogP contribution in [-0.4, -0.2) is 44.8 Å². The van der Waals surface area contributed by atoms with Crippen molar-refractivity contribution in [2.75, 3.05) is 19.5 Å². The van der Waals surface area contributed by atoms with Crippen LogP contribution in [0.4, 0.5) is 10.5 Å². The van der Waals surface area contributed by atoms with Gasteiger partial charge in [-0.05, 0) is 37.1 Å². The van der Waals surface area contributed by atoms with Crippen LogP contribution in [-0.2, 0) is 9.84 Å². The number of carbonyl (C=O) groups excluding carboxylic acids is 2. The van der Waals surface area contributed by atoms with E-state index in [4.69, 9.17) is 9.47 Å². The third-order valence-corrected chi connectivity index (χ3v) is 7.33. The molecule has 0 saturated heterocycles. The summed E-state index contributed by atoms with van der Waals surface area (Å²) in [5.74, 6) is -0.205. The van der Waals surface area contributed by atoms with Crippen LogP contribution in [0.25, 0.3) is 0 Å². The maximum absolute atomic E-state index is 12.7. The summed E-state index contributed by atoms with van der Waals surface area (Å²) in [6, 6.07) is 6.81. The third-order valence-electron chi connectivity index (χ3n) is 5.16. The van der Waals surface area contributed by atoms with Crippen molar-refractivity contribution < 1.29 is 27.5 Å². The van der Waals surface area contributed by atoms with Crippen LogP contribution in [0, 0.1) is 0 Å². The van der Waals surface area contributed by atoms with Crippen molar-refractivity contribution in [3.05, 3.63) is 42.1 Å². The van der Waals surface area contributed by atoms with E-state index in [0.29, 0.717) is 12.8 Å². The van der Waals surface area contributed by atoms with E-state index in [2.05, 4.69) is 15.6 Å². The second kappa shape index (κ2) is 9.78. The fourth-order valence-electron chi connectivity index (χ4n) is 3.57. The Bertz CT molecular complexity index is 1030. The summed E-state index contributed by atoms with van der Waals surface area (Å²) in [4.78, 5) is 28.8. The Balaban J connectivity index is 1.67. The summed E-state index contributed by atoms with van der Waals surface area (Å²) < 4.78 is 35.8. The summed E-state index contributed by atoms with van der Waals surface area (Å²) in [5, 5.41) is 4.24. The molecule has 9 nitrogen and oxygen atoms in total. The standard InChI is InChI=1S/C21H25N3O6S/c1-29-16-9-6-10-17(30-2)19(16)20(25)24-21(26)23-14-11-12-18(22-13-14)31(27,28)15-7-4-3-5-8-15/h6,9-13,15H,3-5,7-8H2,1-2H3,(H2,23,24,25,26). The number of anilines is 1. The zero-order valence-electron chi connectivity index (χ0n) is 17.4. The number of pyridine rings is 1. The molecule has 0 atom stereocenters. The van der Waals surface area contributed by atoms with Gasteiger partial charge in [0.1, 0.15) is 17.1 Å². The molecule has 1 aliphatic rings. The number of amides is 3. The molecule has 1 heterocycles. The quantitative estimate of drug-likeness (QED) is 0.697. The Hall–Kier alpha value is -3.14. The summed E-state index contributed by atoms with van der Waals surface area (Å²) in [6.45, 7) is 0. The predicted molar refractivity (Wildman–Crippen MR) is 114 cm³/mol. The molecule has 1 aromatic carbocycles. The summed E-state index contributed by atoms with van der Waals surface area (Å²) in [7, 11) is -0.693. The van der Waals surface area contributed by atoms with E-state index < -0.39 is 27.0 Å². The molecule has 1 fully saturated rings. The van der Waals surface area contributed by atoms with Gasteiger partial charge in [0.2, 0.25) is 0 Å². The van der Waals surface area contributed by atoms with Crippen LogP contribution in [0.15, 0.2) is 41.6 Å². The van der Waals surface area contributed by atoms with Gasteiger partial charge in [-0.25, -0.2) is 18.2 Å². The molecule has 166 valence electrons. The van der Waals surface area contributed by atoms with Crippen molar-refractivity contribution >= 4 is 27.5 Å². The van der Waals surface area contributed by atoms with Crippen LogP contribution < -0.4 is 20.1 Å². The molecule has 0 radical (unpaired) electrons. The molecule has 1 aromatic heterocycles. The van der Waals surface area contributed by atoms with Crippen LogP contribution in [0.1, 0.15) is 42.5 Å². The van der Waals surface area contributed by atoms with Gasteiger partial charge < -0.3 is 14.8 Å². The van der Waals surface area contributed by atoms with Crippen molar-refractivity contribution in [1.29, 1.82) is 0 Å². The first-order valence-corrected chi connectivity index (χ1v) is 11.4. The highest BCUT2D eigenvalue weighted by Gasteiger charge is 2.30. The largest absolute Gasteiger partial charge is 0.496 e. The molecule has 3 rings (SSSR count). The van der Waals surface area contributed by atoms with Gasteiger partial charge in [-0.3, -0.25) is 10.1 Å². The number of carbonyl (C=O) groups is 2. The Morgan fingerprint density at radius 3 is 2.19 bits per heavy atom. The molecule has 0 unspecified atom stereocenters. The van der Waals surface area contributed by atoms with E-state index in [1.54, 1.807) is 18.2 Å². The average Bonchev–Trinajstić information content (AvgIpc) is 2.79. The SMILES string of the molecule is COc1cccc(OC)c1C(=O)NC(=O)Nc1ccc(S(=O)(=O)C2CCCCC2)nc1. The van der Waals surface area contributed by atoms with Crippen molar-refractivity contribution in [1.82, 2.24) is 10.3 Å². The summed E-state index contributed by atoms with van der Waals surface area (Å²) >= 11 is 0. The number of hydrogen-bond acceptors (Lipinski definition) is 7. The molecule has 3 amide bonds. The number of sulfone groups is 1. The van der Waals surface area contributed by atoms with E-state index in [9.17, 15) is 18.0 Å². The van der Waals surface area contributed by atoms with Gasteiger partial charge in [-0.15, -0.1) is 0 Å². The normalized spacial score (nSPS) is 14.5. The first-order valence-electron chi connectivity index (χ1n) is 9.90. The molecule has 0 bridgehead atoms. The van der Waals surface area contributed by atoms with Crippen LogP contribution >= 0.6 is 0 Å². The summed E-state index contributed by atoms with van der Waals surface area (Å²) in [5.41, 5.74) is 0.328. The number of nitrogens with zero attached hydrogens (tertiary/aromatic N) is 1. The highest BCUT2D eigenvalue weighted by Crippen LogP contribution is 2.29. The zero-order valence-corrected chi connectivity index (χ0v) is 18.2. The van der Waals surface area contributed by atoms with Crippen LogP contribution in [0.2, 0.25) is 0 Å². The maximum Gasteiger partial charge on any atom is 0.326 e. The molecule has 10 heteroatoms. The second-order valence-electron chi connectivity index (χ2n) is 7.14. The van der Waals surface area contributed by atoms with Crippen molar-refractivity contribution in [2.45, 2.75) is 42.4 Å². The van der Waals surface area contributed by atoms with E-state index in [1.165, 1.54) is 32.5 Å². The first kappa shape index (κ1) is 22.5. The maximum atomic E-state index is 12.7. The monoisotopic (exact) mass is 447 g/mol. The summed E-state index contributed by atoms with van der Waals surface area (Å²) in [6.07, 6.45) is 5.38. The fraction of sp³-hybridized carbons (Fsp3) is 0.381. The Kier molecular flexibility index (Phi) is 7.11. The third kappa shape index (κ3) is 5.13. The number of hydrogen-bond donors (Lipinski definition) is 2. The number of urea groups is 1. The minimum atomic E-state index is -3.50.